The van der Waals surface area contributed by atoms with Crippen LogP contribution in [0.15, 0.2) is 47.6 Å². The first-order valence-electron chi connectivity index (χ1n) is 10.5. The standard InChI is InChI=1S/C22H28N4O3S/c1-17(20-6-3-9-23-15-20)24-16-22(27)25-10-12-26(13-11-25)30(28,29)21-8-7-18-4-2-5-19(18)14-21/h3,6-9,14-15,17,24H,2,4-5,10-13,16H2,1H3. The van der Waals surface area contributed by atoms with Gasteiger partial charge in [-0.3, -0.25) is 9.78 Å². The maximum Gasteiger partial charge on any atom is 0.243 e. The molecule has 4 rings (SSSR count). The van der Waals surface area contributed by atoms with E-state index >= 15 is 0 Å². The highest BCUT2D eigenvalue weighted by Gasteiger charge is 2.30. The molecule has 1 saturated heterocycles. The number of hydrogen-bond donors (Lipinski definition) is 1. The highest BCUT2D eigenvalue weighted by Crippen LogP contribution is 2.26. The summed E-state index contributed by atoms with van der Waals surface area (Å²) in [5, 5.41) is 3.22. The van der Waals surface area contributed by atoms with E-state index in [-0.39, 0.29) is 18.5 Å². The van der Waals surface area contributed by atoms with E-state index in [0.717, 1.165) is 30.4 Å². The van der Waals surface area contributed by atoms with Gasteiger partial charge in [0.15, 0.2) is 0 Å². The number of rotatable bonds is 6. The highest BCUT2D eigenvalue weighted by atomic mass is 32.2. The van der Waals surface area contributed by atoms with Crippen LogP contribution in [0.5, 0.6) is 0 Å². The Bertz CT molecular complexity index is 1000. The number of nitrogens with one attached hydrogen (secondary N) is 1. The van der Waals surface area contributed by atoms with Crippen LogP contribution in [0.4, 0.5) is 0 Å². The van der Waals surface area contributed by atoms with Crippen LogP contribution < -0.4 is 5.32 Å². The summed E-state index contributed by atoms with van der Waals surface area (Å²) in [6, 6.07) is 9.36. The lowest BCUT2D eigenvalue weighted by Crippen LogP contribution is -2.52. The summed E-state index contributed by atoms with van der Waals surface area (Å²) in [6.07, 6.45) is 6.57. The maximum atomic E-state index is 13.0. The Morgan fingerprint density at radius 2 is 1.90 bits per heavy atom. The zero-order valence-corrected chi connectivity index (χ0v) is 18.1. The smallest absolute Gasteiger partial charge is 0.243 e. The molecular formula is C22H28N4O3S. The zero-order valence-electron chi connectivity index (χ0n) is 17.3. The Morgan fingerprint density at radius 3 is 2.63 bits per heavy atom. The fourth-order valence-electron chi connectivity index (χ4n) is 4.14. The number of hydrogen-bond acceptors (Lipinski definition) is 5. The normalized spacial score (nSPS) is 18.2. The number of aryl methyl sites for hydroxylation is 2. The summed E-state index contributed by atoms with van der Waals surface area (Å²) in [7, 11) is -3.52. The molecule has 2 aliphatic rings. The lowest BCUT2D eigenvalue weighted by Gasteiger charge is -2.34. The number of carbonyl (C=O) groups excluding carboxylic acids is 1. The molecule has 0 saturated carbocycles. The largest absolute Gasteiger partial charge is 0.339 e. The summed E-state index contributed by atoms with van der Waals surface area (Å²) in [6.45, 7) is 3.67. The zero-order chi connectivity index (χ0) is 21.1. The van der Waals surface area contributed by atoms with Crippen molar-refractivity contribution in [3.63, 3.8) is 0 Å². The van der Waals surface area contributed by atoms with Crippen molar-refractivity contribution in [3.05, 3.63) is 59.4 Å². The van der Waals surface area contributed by atoms with E-state index in [2.05, 4.69) is 10.3 Å². The topological polar surface area (TPSA) is 82.6 Å². The first kappa shape index (κ1) is 21.0. The number of aromatic nitrogens is 1. The fraction of sp³-hybridized carbons (Fsp3) is 0.455. The molecule has 8 heteroatoms. The Balaban J connectivity index is 1.31. The Labute approximate surface area is 178 Å². The van der Waals surface area contributed by atoms with Crippen molar-refractivity contribution >= 4 is 15.9 Å². The van der Waals surface area contributed by atoms with E-state index in [1.165, 1.54) is 9.87 Å². The van der Waals surface area contributed by atoms with Gasteiger partial charge in [0.25, 0.3) is 0 Å². The fourth-order valence-corrected chi connectivity index (χ4v) is 5.61. The van der Waals surface area contributed by atoms with E-state index < -0.39 is 10.0 Å². The van der Waals surface area contributed by atoms with Crippen molar-refractivity contribution in [1.29, 1.82) is 0 Å². The van der Waals surface area contributed by atoms with Crippen LogP contribution in [-0.4, -0.2) is 61.2 Å². The van der Waals surface area contributed by atoms with Crippen LogP contribution >= 0.6 is 0 Å². The van der Waals surface area contributed by atoms with Crippen LogP contribution in [0.2, 0.25) is 0 Å². The molecule has 0 radical (unpaired) electrons. The monoisotopic (exact) mass is 428 g/mol. The number of sulfonamides is 1. The molecule has 1 amide bonds. The van der Waals surface area contributed by atoms with Gasteiger partial charge in [-0.25, -0.2) is 8.42 Å². The minimum Gasteiger partial charge on any atom is -0.339 e. The Morgan fingerprint density at radius 1 is 1.13 bits per heavy atom. The second-order valence-electron chi connectivity index (χ2n) is 7.96. The molecule has 30 heavy (non-hydrogen) atoms. The third-order valence-electron chi connectivity index (χ3n) is 6.04. The summed E-state index contributed by atoms with van der Waals surface area (Å²) in [4.78, 5) is 18.8. The van der Waals surface area contributed by atoms with E-state index in [0.29, 0.717) is 31.1 Å². The second-order valence-corrected chi connectivity index (χ2v) is 9.90. The maximum absolute atomic E-state index is 13.0. The van der Waals surface area contributed by atoms with Crippen LogP contribution in [0, 0.1) is 0 Å². The summed E-state index contributed by atoms with van der Waals surface area (Å²) < 4.78 is 27.6. The molecule has 1 N–H and O–H groups in total. The van der Waals surface area contributed by atoms with Gasteiger partial charge in [0.1, 0.15) is 0 Å². The highest BCUT2D eigenvalue weighted by molar-refractivity contribution is 7.89. The van der Waals surface area contributed by atoms with E-state index in [9.17, 15) is 13.2 Å². The van der Waals surface area contributed by atoms with Gasteiger partial charge in [0.05, 0.1) is 11.4 Å². The summed E-state index contributed by atoms with van der Waals surface area (Å²) in [5.74, 6) is -0.0136. The van der Waals surface area contributed by atoms with Crippen molar-refractivity contribution in [3.8, 4) is 0 Å². The number of carbonyl (C=O) groups is 1. The van der Waals surface area contributed by atoms with Crippen molar-refractivity contribution < 1.29 is 13.2 Å². The molecule has 0 spiro atoms. The lowest BCUT2D eigenvalue weighted by atomic mass is 10.1. The molecular weight excluding hydrogens is 400 g/mol. The first-order valence-corrected chi connectivity index (χ1v) is 11.9. The van der Waals surface area contributed by atoms with Crippen LogP contribution in [-0.2, 0) is 27.7 Å². The van der Waals surface area contributed by atoms with E-state index in [1.807, 2.05) is 31.2 Å². The Hall–Kier alpha value is -2.29. The average Bonchev–Trinajstić information content (AvgIpc) is 3.26. The van der Waals surface area contributed by atoms with Crippen LogP contribution in [0.25, 0.3) is 0 Å². The molecule has 1 aliphatic heterocycles. The average molecular weight is 429 g/mol. The molecule has 1 atom stereocenters. The molecule has 7 nitrogen and oxygen atoms in total. The molecule has 1 aromatic carbocycles. The van der Waals surface area contributed by atoms with Crippen LogP contribution in [0.1, 0.15) is 36.1 Å². The quantitative estimate of drug-likeness (QED) is 0.758. The van der Waals surface area contributed by atoms with Crippen molar-refractivity contribution in [2.24, 2.45) is 0 Å². The number of amides is 1. The SMILES string of the molecule is CC(NCC(=O)N1CCN(S(=O)(=O)c2ccc3c(c2)CCC3)CC1)c1cccnc1. The second kappa shape index (κ2) is 8.83. The van der Waals surface area contributed by atoms with Gasteiger partial charge in [-0.05, 0) is 61.1 Å². The van der Waals surface area contributed by atoms with Gasteiger partial charge in [0, 0.05) is 44.6 Å². The van der Waals surface area contributed by atoms with Crippen molar-refractivity contribution in [1.82, 2.24) is 19.5 Å². The predicted octanol–water partition coefficient (Wildman–Crippen LogP) is 1.75. The first-order chi connectivity index (χ1) is 14.4. The molecule has 160 valence electrons. The molecule has 2 heterocycles. The number of piperazine rings is 1. The molecule has 0 bridgehead atoms. The van der Waals surface area contributed by atoms with Gasteiger partial charge in [-0.15, -0.1) is 0 Å². The van der Waals surface area contributed by atoms with Gasteiger partial charge in [-0.1, -0.05) is 12.1 Å². The number of pyridine rings is 1. The third kappa shape index (κ3) is 4.40. The van der Waals surface area contributed by atoms with Crippen molar-refractivity contribution in [2.75, 3.05) is 32.7 Å². The lowest BCUT2D eigenvalue weighted by molar-refractivity contribution is -0.131. The van der Waals surface area contributed by atoms with E-state index in [1.54, 1.807) is 23.4 Å². The van der Waals surface area contributed by atoms with Gasteiger partial charge in [-0.2, -0.15) is 4.31 Å². The summed E-state index contributed by atoms with van der Waals surface area (Å²) in [5.41, 5.74) is 3.44. The minimum absolute atomic E-state index is 0.0136. The predicted molar refractivity (Wildman–Crippen MR) is 114 cm³/mol. The molecule has 1 unspecified atom stereocenters. The van der Waals surface area contributed by atoms with E-state index in [4.69, 9.17) is 0 Å². The molecule has 1 fully saturated rings. The van der Waals surface area contributed by atoms with Crippen LogP contribution in [0.3, 0.4) is 0 Å². The number of fused-ring (bicyclic) bond motifs is 1. The Kier molecular flexibility index (Phi) is 6.17. The summed E-state index contributed by atoms with van der Waals surface area (Å²) >= 11 is 0. The number of nitrogens with zero attached hydrogens (tertiary/aromatic N) is 3. The van der Waals surface area contributed by atoms with Gasteiger partial charge >= 0.3 is 0 Å². The molecule has 2 aromatic rings. The third-order valence-corrected chi connectivity index (χ3v) is 7.94. The van der Waals surface area contributed by atoms with Gasteiger partial charge in [0.2, 0.25) is 15.9 Å². The van der Waals surface area contributed by atoms with Crippen molar-refractivity contribution in [2.45, 2.75) is 37.1 Å². The number of benzene rings is 1. The van der Waals surface area contributed by atoms with Gasteiger partial charge < -0.3 is 10.2 Å². The molecule has 1 aliphatic carbocycles. The minimum atomic E-state index is -3.52. The molecule has 1 aromatic heterocycles.